The first-order chi connectivity index (χ1) is 14.0. The Balaban J connectivity index is 1.49. The lowest BCUT2D eigenvalue weighted by Gasteiger charge is -2.24. The van der Waals surface area contributed by atoms with Crippen molar-refractivity contribution in [2.75, 3.05) is 7.05 Å². The van der Waals surface area contributed by atoms with Crippen molar-refractivity contribution >= 4 is 28.8 Å². The molecule has 0 bridgehead atoms. The van der Waals surface area contributed by atoms with Crippen LogP contribution in [-0.4, -0.2) is 37.6 Å². The first-order valence-corrected chi connectivity index (χ1v) is 10.2. The number of rotatable bonds is 5. The van der Waals surface area contributed by atoms with Gasteiger partial charge in [0.15, 0.2) is 0 Å². The number of nitrogens with zero attached hydrogens (tertiary/aromatic N) is 5. The van der Waals surface area contributed by atoms with Crippen LogP contribution < -0.4 is 0 Å². The van der Waals surface area contributed by atoms with Gasteiger partial charge < -0.3 is 4.90 Å². The van der Waals surface area contributed by atoms with E-state index in [1.54, 1.807) is 28.3 Å². The van der Waals surface area contributed by atoms with Crippen LogP contribution in [0.2, 0.25) is 5.02 Å². The van der Waals surface area contributed by atoms with E-state index in [1.165, 1.54) is 17.7 Å². The molecule has 0 radical (unpaired) electrons. The van der Waals surface area contributed by atoms with E-state index in [0.29, 0.717) is 10.7 Å². The molecule has 2 heterocycles. The van der Waals surface area contributed by atoms with E-state index in [4.69, 9.17) is 11.6 Å². The molecule has 146 valence electrons. The zero-order valence-corrected chi connectivity index (χ0v) is 17.4. The molecule has 1 atom stereocenters. The van der Waals surface area contributed by atoms with Gasteiger partial charge in [-0.2, -0.15) is 5.10 Å². The number of benzene rings is 2. The molecule has 1 unspecified atom stereocenters. The zero-order valence-electron chi connectivity index (χ0n) is 15.9. The van der Waals surface area contributed by atoms with Gasteiger partial charge in [0, 0.05) is 23.0 Å². The van der Waals surface area contributed by atoms with Gasteiger partial charge in [0.05, 0.1) is 11.7 Å². The van der Waals surface area contributed by atoms with Crippen LogP contribution in [0.25, 0.3) is 16.3 Å². The highest BCUT2D eigenvalue weighted by Gasteiger charge is 2.21. The minimum absolute atomic E-state index is 0.104. The molecule has 4 aromatic rings. The third-order valence-electron chi connectivity index (χ3n) is 4.77. The predicted molar refractivity (Wildman–Crippen MR) is 114 cm³/mol. The summed E-state index contributed by atoms with van der Waals surface area (Å²) in [6, 6.07) is 15.2. The molecular formula is C21H18ClN5OS. The second kappa shape index (κ2) is 8.14. The van der Waals surface area contributed by atoms with Crippen molar-refractivity contribution in [3.8, 4) is 16.3 Å². The molecule has 2 aromatic heterocycles. The lowest BCUT2D eigenvalue weighted by Crippen LogP contribution is -2.29. The number of hydrogen-bond donors (Lipinski definition) is 0. The summed E-state index contributed by atoms with van der Waals surface area (Å²) in [5.74, 6) is -0.116. The Bertz CT molecular complexity index is 1110. The minimum atomic E-state index is -0.116. The molecule has 0 N–H and O–H groups in total. The summed E-state index contributed by atoms with van der Waals surface area (Å²) in [7, 11) is 1.79. The third-order valence-corrected chi connectivity index (χ3v) is 5.92. The van der Waals surface area contributed by atoms with Gasteiger partial charge in [-0.1, -0.05) is 35.9 Å². The molecule has 6 nitrogen and oxygen atoms in total. The summed E-state index contributed by atoms with van der Waals surface area (Å²) in [5, 5.41) is 7.38. The lowest BCUT2D eigenvalue weighted by molar-refractivity contribution is 0.0737. The Kier molecular flexibility index (Phi) is 5.42. The molecule has 0 aliphatic rings. The van der Waals surface area contributed by atoms with Crippen LogP contribution in [0.4, 0.5) is 0 Å². The number of carbonyl (C=O) groups excluding carboxylic acids is 1. The maximum absolute atomic E-state index is 12.9. The van der Waals surface area contributed by atoms with Gasteiger partial charge in [0.25, 0.3) is 5.91 Å². The normalized spacial score (nSPS) is 12.0. The molecule has 0 saturated heterocycles. The van der Waals surface area contributed by atoms with Gasteiger partial charge in [-0.05, 0) is 36.8 Å². The summed E-state index contributed by atoms with van der Waals surface area (Å²) < 4.78 is 1.69. The molecule has 0 spiro atoms. The number of halogens is 1. The Hall–Kier alpha value is -3.03. The van der Waals surface area contributed by atoms with Crippen molar-refractivity contribution in [1.82, 2.24) is 24.6 Å². The van der Waals surface area contributed by atoms with Crippen molar-refractivity contribution in [3.63, 3.8) is 0 Å². The topological polar surface area (TPSA) is 63.9 Å². The van der Waals surface area contributed by atoms with Gasteiger partial charge in [0.2, 0.25) is 0 Å². The molecule has 0 aliphatic heterocycles. The summed E-state index contributed by atoms with van der Waals surface area (Å²) >= 11 is 7.39. The third kappa shape index (κ3) is 4.06. The largest absolute Gasteiger partial charge is 0.334 e. The molecule has 1 amide bonds. The first kappa shape index (κ1) is 19.3. The van der Waals surface area contributed by atoms with E-state index in [9.17, 15) is 4.79 Å². The average Bonchev–Trinajstić information content (AvgIpc) is 3.45. The molecule has 0 aliphatic carbocycles. The Labute approximate surface area is 177 Å². The van der Waals surface area contributed by atoms with Crippen LogP contribution in [0, 0.1) is 0 Å². The standard InChI is InChI=1S/C21H18ClN5OS/c1-14(15-5-9-18(10-6-15)27-13-23-12-24-27)26(2)21(28)19-11-29-20(25-19)16-3-7-17(22)8-4-16/h3-14H,1-2H3. The maximum Gasteiger partial charge on any atom is 0.273 e. The average molecular weight is 424 g/mol. The van der Waals surface area contributed by atoms with Crippen LogP contribution in [0.15, 0.2) is 66.6 Å². The van der Waals surface area contributed by atoms with E-state index < -0.39 is 0 Å². The van der Waals surface area contributed by atoms with Gasteiger partial charge in [-0.3, -0.25) is 4.79 Å². The highest BCUT2D eigenvalue weighted by atomic mass is 35.5. The van der Waals surface area contributed by atoms with Crippen LogP contribution in [0.3, 0.4) is 0 Å². The molecule has 29 heavy (non-hydrogen) atoms. The van der Waals surface area contributed by atoms with E-state index >= 15 is 0 Å². The lowest BCUT2D eigenvalue weighted by atomic mass is 10.1. The summed E-state index contributed by atoms with van der Waals surface area (Å²) in [6.07, 6.45) is 3.14. The molecule has 0 saturated carbocycles. The number of hydrogen-bond acceptors (Lipinski definition) is 5. The molecular weight excluding hydrogens is 406 g/mol. The Morgan fingerprint density at radius 1 is 1.14 bits per heavy atom. The number of carbonyl (C=O) groups is 1. The van der Waals surface area contributed by atoms with Crippen molar-refractivity contribution in [1.29, 1.82) is 0 Å². The predicted octanol–water partition coefficient (Wildman–Crippen LogP) is 4.88. The van der Waals surface area contributed by atoms with E-state index in [1.807, 2.05) is 55.5 Å². The number of aromatic nitrogens is 4. The van der Waals surface area contributed by atoms with Gasteiger partial charge >= 0.3 is 0 Å². The second-order valence-electron chi connectivity index (χ2n) is 6.57. The Morgan fingerprint density at radius 3 is 2.52 bits per heavy atom. The van der Waals surface area contributed by atoms with E-state index in [2.05, 4.69) is 15.1 Å². The summed E-state index contributed by atoms with van der Waals surface area (Å²) in [4.78, 5) is 23.1. The highest BCUT2D eigenvalue weighted by molar-refractivity contribution is 7.13. The van der Waals surface area contributed by atoms with Crippen molar-refractivity contribution in [3.05, 3.63) is 82.8 Å². The second-order valence-corrected chi connectivity index (χ2v) is 7.86. The number of thiazole rings is 1. The summed E-state index contributed by atoms with van der Waals surface area (Å²) in [5.41, 5.74) is 3.32. The van der Waals surface area contributed by atoms with Crippen LogP contribution in [0.1, 0.15) is 29.0 Å². The maximum atomic E-state index is 12.9. The van der Waals surface area contributed by atoms with Gasteiger partial charge in [0.1, 0.15) is 23.4 Å². The smallest absolute Gasteiger partial charge is 0.273 e. The number of amides is 1. The van der Waals surface area contributed by atoms with Crippen molar-refractivity contribution in [2.24, 2.45) is 0 Å². The zero-order chi connectivity index (χ0) is 20.4. The van der Waals surface area contributed by atoms with Gasteiger partial charge in [-0.25, -0.2) is 14.6 Å². The quantitative estimate of drug-likeness (QED) is 0.459. The minimum Gasteiger partial charge on any atom is -0.334 e. The summed E-state index contributed by atoms with van der Waals surface area (Å²) in [6.45, 7) is 1.99. The van der Waals surface area contributed by atoms with Crippen LogP contribution in [-0.2, 0) is 0 Å². The highest BCUT2D eigenvalue weighted by Crippen LogP contribution is 2.27. The SMILES string of the molecule is CC(c1ccc(-n2cncn2)cc1)N(C)C(=O)c1csc(-c2ccc(Cl)cc2)n1. The van der Waals surface area contributed by atoms with Crippen molar-refractivity contribution in [2.45, 2.75) is 13.0 Å². The van der Waals surface area contributed by atoms with E-state index in [0.717, 1.165) is 21.8 Å². The van der Waals surface area contributed by atoms with Crippen molar-refractivity contribution < 1.29 is 4.79 Å². The molecule has 4 rings (SSSR count). The van der Waals surface area contributed by atoms with Gasteiger partial charge in [-0.15, -0.1) is 11.3 Å². The van der Waals surface area contributed by atoms with Crippen LogP contribution >= 0.6 is 22.9 Å². The fourth-order valence-electron chi connectivity index (χ4n) is 2.92. The van der Waals surface area contributed by atoms with E-state index in [-0.39, 0.29) is 11.9 Å². The molecule has 8 heteroatoms. The molecule has 0 fully saturated rings. The fourth-order valence-corrected chi connectivity index (χ4v) is 3.85. The fraction of sp³-hybridized carbons (Fsp3) is 0.143. The van der Waals surface area contributed by atoms with Crippen LogP contribution in [0.5, 0.6) is 0 Å². The molecule has 2 aromatic carbocycles. The first-order valence-electron chi connectivity index (χ1n) is 8.96. The monoisotopic (exact) mass is 423 g/mol. The Morgan fingerprint density at radius 2 is 1.86 bits per heavy atom.